The van der Waals surface area contributed by atoms with Crippen LogP contribution in [0.3, 0.4) is 0 Å². The molecule has 0 N–H and O–H groups in total. The summed E-state index contributed by atoms with van der Waals surface area (Å²) in [6, 6.07) is 11.4. The Morgan fingerprint density at radius 1 is 1.19 bits per heavy atom. The largest absolute Gasteiger partial charge is 0.281 e. The summed E-state index contributed by atoms with van der Waals surface area (Å²) in [5, 5.41) is 0.0250. The standard InChI is InChI=1S/C13H11NOS/c1-10-4-6-12(7-5-10)16-13(15)11-3-2-8-14-9-11/h2-9H,1H3. The van der Waals surface area contributed by atoms with Gasteiger partial charge >= 0.3 is 0 Å². The van der Waals surface area contributed by atoms with Crippen LogP contribution in [0.4, 0.5) is 0 Å². The Bertz CT molecular complexity index is 479. The normalized spacial score (nSPS) is 10.1. The maximum absolute atomic E-state index is 11.8. The van der Waals surface area contributed by atoms with Crippen molar-refractivity contribution < 1.29 is 4.79 Å². The van der Waals surface area contributed by atoms with E-state index in [1.807, 2.05) is 31.2 Å². The Labute approximate surface area is 98.7 Å². The monoisotopic (exact) mass is 229 g/mol. The lowest BCUT2D eigenvalue weighted by Gasteiger charge is -2.00. The van der Waals surface area contributed by atoms with Crippen LogP contribution in [-0.4, -0.2) is 10.1 Å². The van der Waals surface area contributed by atoms with Crippen molar-refractivity contribution in [3.8, 4) is 0 Å². The van der Waals surface area contributed by atoms with Gasteiger partial charge in [-0.1, -0.05) is 17.7 Å². The number of aromatic nitrogens is 1. The molecule has 2 rings (SSSR count). The minimum atomic E-state index is 0.0250. The van der Waals surface area contributed by atoms with Crippen molar-refractivity contribution in [1.82, 2.24) is 4.98 Å². The molecule has 0 unspecified atom stereocenters. The molecule has 3 heteroatoms. The lowest BCUT2D eigenvalue weighted by molar-refractivity contribution is 0.108. The number of pyridine rings is 1. The van der Waals surface area contributed by atoms with E-state index in [0.717, 1.165) is 4.90 Å². The lowest BCUT2D eigenvalue weighted by atomic mass is 10.2. The van der Waals surface area contributed by atoms with Crippen LogP contribution in [0.25, 0.3) is 0 Å². The zero-order valence-corrected chi connectivity index (χ0v) is 9.70. The van der Waals surface area contributed by atoms with Crippen molar-refractivity contribution >= 4 is 16.9 Å². The van der Waals surface area contributed by atoms with Gasteiger partial charge in [0.15, 0.2) is 0 Å². The smallest absolute Gasteiger partial charge is 0.225 e. The number of carbonyl (C=O) groups is 1. The molecule has 1 heterocycles. The summed E-state index contributed by atoms with van der Waals surface area (Å²) < 4.78 is 0. The van der Waals surface area contributed by atoms with Gasteiger partial charge in [0.1, 0.15) is 0 Å². The van der Waals surface area contributed by atoms with E-state index in [1.165, 1.54) is 17.3 Å². The fourth-order valence-corrected chi connectivity index (χ4v) is 1.98. The molecule has 1 aromatic carbocycles. The third kappa shape index (κ3) is 2.70. The molecule has 0 radical (unpaired) electrons. The Balaban J connectivity index is 2.11. The van der Waals surface area contributed by atoms with E-state index >= 15 is 0 Å². The number of hydrogen-bond donors (Lipinski definition) is 0. The molecule has 0 saturated carbocycles. The third-order valence-electron chi connectivity index (χ3n) is 2.13. The van der Waals surface area contributed by atoms with Crippen molar-refractivity contribution in [1.29, 1.82) is 0 Å². The average Bonchev–Trinajstić information content (AvgIpc) is 2.33. The predicted octanol–water partition coefficient (Wildman–Crippen LogP) is 3.32. The third-order valence-corrected chi connectivity index (χ3v) is 3.06. The van der Waals surface area contributed by atoms with Crippen LogP contribution in [0.1, 0.15) is 15.9 Å². The van der Waals surface area contributed by atoms with Crippen LogP contribution in [0.2, 0.25) is 0 Å². The van der Waals surface area contributed by atoms with Gasteiger partial charge in [-0.2, -0.15) is 0 Å². The summed E-state index contributed by atoms with van der Waals surface area (Å²) in [4.78, 5) is 16.7. The molecule has 16 heavy (non-hydrogen) atoms. The molecule has 0 aliphatic carbocycles. The zero-order valence-electron chi connectivity index (χ0n) is 8.88. The van der Waals surface area contributed by atoms with E-state index in [-0.39, 0.29) is 5.12 Å². The fourth-order valence-electron chi connectivity index (χ4n) is 1.26. The van der Waals surface area contributed by atoms with Crippen molar-refractivity contribution in [3.05, 3.63) is 59.9 Å². The van der Waals surface area contributed by atoms with Crippen molar-refractivity contribution in [3.63, 3.8) is 0 Å². The van der Waals surface area contributed by atoms with Crippen molar-refractivity contribution in [2.24, 2.45) is 0 Å². The molecule has 0 spiro atoms. The highest BCUT2D eigenvalue weighted by Crippen LogP contribution is 2.22. The first-order chi connectivity index (χ1) is 7.75. The number of nitrogens with zero attached hydrogens (tertiary/aromatic N) is 1. The van der Waals surface area contributed by atoms with E-state index in [0.29, 0.717) is 5.56 Å². The minimum Gasteiger partial charge on any atom is -0.281 e. The highest BCUT2D eigenvalue weighted by Gasteiger charge is 2.07. The molecule has 0 atom stereocenters. The molecule has 0 amide bonds. The van der Waals surface area contributed by atoms with Crippen LogP contribution < -0.4 is 0 Å². The Morgan fingerprint density at radius 2 is 1.94 bits per heavy atom. The first-order valence-corrected chi connectivity index (χ1v) is 5.76. The summed E-state index contributed by atoms with van der Waals surface area (Å²) in [6.45, 7) is 2.03. The number of hydrogen-bond acceptors (Lipinski definition) is 3. The topological polar surface area (TPSA) is 30.0 Å². The second-order valence-electron chi connectivity index (χ2n) is 3.44. The highest BCUT2D eigenvalue weighted by atomic mass is 32.2. The van der Waals surface area contributed by atoms with Crippen LogP contribution in [-0.2, 0) is 0 Å². The number of aryl methyl sites for hydroxylation is 1. The Kier molecular flexibility index (Phi) is 3.37. The SMILES string of the molecule is Cc1ccc(SC(=O)c2cccnc2)cc1. The molecule has 0 aliphatic heterocycles. The van der Waals surface area contributed by atoms with Gasteiger partial charge in [-0.15, -0.1) is 0 Å². The molecule has 2 nitrogen and oxygen atoms in total. The summed E-state index contributed by atoms with van der Waals surface area (Å²) in [7, 11) is 0. The van der Waals surface area contributed by atoms with Crippen LogP contribution in [0.15, 0.2) is 53.7 Å². The van der Waals surface area contributed by atoms with Crippen LogP contribution in [0.5, 0.6) is 0 Å². The van der Waals surface area contributed by atoms with Gasteiger partial charge in [-0.25, -0.2) is 0 Å². The first kappa shape index (κ1) is 10.9. The zero-order chi connectivity index (χ0) is 11.4. The van der Waals surface area contributed by atoms with Crippen molar-refractivity contribution in [2.75, 3.05) is 0 Å². The maximum atomic E-state index is 11.8. The van der Waals surface area contributed by atoms with Crippen LogP contribution >= 0.6 is 11.8 Å². The van der Waals surface area contributed by atoms with Gasteiger partial charge in [0, 0.05) is 22.9 Å². The molecule has 2 aromatic rings. The van der Waals surface area contributed by atoms with Crippen molar-refractivity contribution in [2.45, 2.75) is 11.8 Å². The van der Waals surface area contributed by atoms with E-state index in [9.17, 15) is 4.79 Å². The van der Waals surface area contributed by atoms with E-state index in [4.69, 9.17) is 0 Å². The first-order valence-electron chi connectivity index (χ1n) is 4.94. The maximum Gasteiger partial charge on any atom is 0.225 e. The second-order valence-corrected chi connectivity index (χ2v) is 4.49. The van der Waals surface area contributed by atoms with E-state index in [1.54, 1.807) is 24.5 Å². The van der Waals surface area contributed by atoms with Gasteiger partial charge in [-0.3, -0.25) is 9.78 Å². The summed E-state index contributed by atoms with van der Waals surface area (Å²) in [6.07, 6.45) is 3.25. The van der Waals surface area contributed by atoms with E-state index in [2.05, 4.69) is 4.98 Å². The molecule has 0 fully saturated rings. The predicted molar refractivity (Wildman–Crippen MR) is 65.6 cm³/mol. The van der Waals surface area contributed by atoms with E-state index < -0.39 is 0 Å². The highest BCUT2D eigenvalue weighted by molar-refractivity contribution is 8.14. The quantitative estimate of drug-likeness (QED) is 0.740. The van der Waals surface area contributed by atoms with Crippen LogP contribution in [0, 0.1) is 6.92 Å². The average molecular weight is 229 g/mol. The number of rotatable bonds is 2. The Hall–Kier alpha value is -1.61. The summed E-state index contributed by atoms with van der Waals surface area (Å²) in [5.74, 6) is 0. The van der Waals surface area contributed by atoms with Gasteiger partial charge in [0.2, 0.25) is 5.12 Å². The number of thioether (sulfide) groups is 1. The summed E-state index contributed by atoms with van der Waals surface area (Å²) >= 11 is 1.23. The fraction of sp³-hybridized carbons (Fsp3) is 0.0769. The second kappa shape index (κ2) is 4.94. The van der Waals surface area contributed by atoms with Gasteiger partial charge < -0.3 is 0 Å². The lowest BCUT2D eigenvalue weighted by Crippen LogP contribution is -1.93. The molecule has 80 valence electrons. The summed E-state index contributed by atoms with van der Waals surface area (Å²) in [5.41, 5.74) is 1.83. The van der Waals surface area contributed by atoms with Gasteiger partial charge in [0.25, 0.3) is 0 Å². The molecule has 0 saturated heterocycles. The minimum absolute atomic E-state index is 0.0250. The van der Waals surface area contributed by atoms with Gasteiger partial charge in [-0.05, 0) is 43.0 Å². The number of carbonyl (C=O) groups excluding carboxylic acids is 1. The Morgan fingerprint density at radius 3 is 2.56 bits per heavy atom. The molecule has 1 aromatic heterocycles. The van der Waals surface area contributed by atoms with Gasteiger partial charge in [0.05, 0.1) is 0 Å². The molecular formula is C13H11NOS. The molecular weight excluding hydrogens is 218 g/mol. The molecule has 0 aliphatic rings. The molecule has 0 bridgehead atoms. The number of benzene rings is 1.